The normalized spacial score (nSPS) is 8.14. The molecule has 4 heteroatoms. The van der Waals surface area contributed by atoms with Gasteiger partial charge in [0, 0.05) is 0 Å². The highest BCUT2D eigenvalue weighted by molar-refractivity contribution is 6.63. The third kappa shape index (κ3) is 7.31. The van der Waals surface area contributed by atoms with Crippen molar-refractivity contribution in [3.05, 3.63) is 30.3 Å². The highest BCUT2D eigenvalue weighted by Crippen LogP contribution is 2.07. The number of benzene rings is 1. The number of carbonyl (C=O) groups is 2. The fourth-order valence-electron chi connectivity index (χ4n) is 0.657. The molecule has 0 saturated carbocycles. The van der Waals surface area contributed by atoms with Crippen LogP contribution >= 0.6 is 11.6 Å². The molecule has 0 aliphatic heterocycles. The molecule has 76 valence electrons. The fraction of sp³-hybridized carbons (Fsp3) is 0.200. The van der Waals surface area contributed by atoms with Crippen molar-refractivity contribution in [3.8, 4) is 5.75 Å². The van der Waals surface area contributed by atoms with Crippen LogP contribution in [0, 0.1) is 0 Å². The number of halogens is 1. The first kappa shape index (κ1) is 12.7. The van der Waals surface area contributed by atoms with E-state index in [9.17, 15) is 4.79 Å². The van der Waals surface area contributed by atoms with E-state index < -0.39 is 5.24 Å². The molecule has 0 spiro atoms. The zero-order valence-corrected chi connectivity index (χ0v) is 8.53. The monoisotopic (exact) mass is 214 g/mol. The van der Waals surface area contributed by atoms with Crippen LogP contribution in [0.1, 0.15) is 6.92 Å². The summed E-state index contributed by atoms with van der Waals surface area (Å²) < 4.78 is 4.99. The lowest BCUT2D eigenvalue weighted by molar-refractivity contribution is -0.113. The molecule has 1 aromatic carbocycles. The summed E-state index contributed by atoms with van der Waals surface area (Å²) in [5.74, 6) is 0.654. The van der Waals surface area contributed by atoms with Crippen molar-refractivity contribution in [1.29, 1.82) is 0 Å². The molecule has 0 aromatic heterocycles. The van der Waals surface area contributed by atoms with Gasteiger partial charge in [0.2, 0.25) is 0 Å². The van der Waals surface area contributed by atoms with Crippen molar-refractivity contribution >= 4 is 23.1 Å². The van der Waals surface area contributed by atoms with Crippen molar-refractivity contribution in [2.75, 3.05) is 6.61 Å². The number of ether oxygens (including phenoxy) is 1. The minimum Gasteiger partial charge on any atom is -0.484 e. The molecule has 0 aliphatic carbocycles. The highest BCUT2D eigenvalue weighted by atomic mass is 35.5. The fourth-order valence-corrected chi connectivity index (χ4v) is 0.711. The Labute approximate surface area is 87.6 Å². The smallest absolute Gasteiger partial charge is 0.259 e. The van der Waals surface area contributed by atoms with Gasteiger partial charge in [0.25, 0.3) is 5.24 Å². The molecule has 3 nitrogen and oxygen atoms in total. The molecule has 1 aromatic rings. The quantitative estimate of drug-likeness (QED) is 0.571. The third-order valence-corrected chi connectivity index (χ3v) is 1.20. The van der Waals surface area contributed by atoms with Crippen LogP contribution in [0.4, 0.5) is 0 Å². The van der Waals surface area contributed by atoms with E-state index in [1.54, 1.807) is 12.1 Å². The number of para-hydroxylation sites is 1. The van der Waals surface area contributed by atoms with E-state index in [1.807, 2.05) is 18.2 Å². The molecule has 0 aliphatic rings. The average molecular weight is 215 g/mol. The molecule has 1 rings (SSSR count). The van der Waals surface area contributed by atoms with E-state index in [0.717, 1.165) is 6.29 Å². The lowest BCUT2D eigenvalue weighted by Gasteiger charge is -2.00. The molecule has 0 unspecified atom stereocenters. The molecule has 0 fully saturated rings. The Balaban J connectivity index is 0.000000500. The summed E-state index contributed by atoms with van der Waals surface area (Å²) in [6.45, 7) is 1.37. The molecular weight excluding hydrogens is 204 g/mol. The van der Waals surface area contributed by atoms with E-state index >= 15 is 0 Å². The Morgan fingerprint density at radius 2 is 1.93 bits per heavy atom. The zero-order valence-electron chi connectivity index (χ0n) is 7.77. The summed E-state index contributed by atoms with van der Waals surface area (Å²) in [7, 11) is 0. The van der Waals surface area contributed by atoms with Gasteiger partial charge >= 0.3 is 0 Å². The van der Waals surface area contributed by atoms with Gasteiger partial charge in [0.05, 0.1) is 0 Å². The third-order valence-electron chi connectivity index (χ3n) is 1.10. The topological polar surface area (TPSA) is 43.4 Å². The minimum absolute atomic E-state index is 0.0778. The van der Waals surface area contributed by atoms with E-state index in [2.05, 4.69) is 0 Å². The van der Waals surface area contributed by atoms with Crippen molar-refractivity contribution in [3.63, 3.8) is 0 Å². The van der Waals surface area contributed by atoms with Gasteiger partial charge in [-0.15, -0.1) is 0 Å². The molecule has 0 atom stereocenters. The largest absolute Gasteiger partial charge is 0.484 e. The van der Waals surface area contributed by atoms with Gasteiger partial charge in [-0.3, -0.25) is 4.79 Å². The molecule has 0 heterocycles. The van der Waals surface area contributed by atoms with Gasteiger partial charge in [0.15, 0.2) is 6.61 Å². The van der Waals surface area contributed by atoms with Gasteiger partial charge in [-0.1, -0.05) is 18.2 Å². The van der Waals surface area contributed by atoms with Crippen LogP contribution in [-0.2, 0) is 9.59 Å². The standard InChI is InChI=1S/C8H7ClO2.C2H4O/c9-8(10)6-11-7-4-2-1-3-5-7;1-2-3/h1-5H,6H2;2H,1H3. The number of rotatable bonds is 3. The van der Waals surface area contributed by atoms with Gasteiger partial charge in [-0.2, -0.15) is 0 Å². The van der Waals surface area contributed by atoms with Gasteiger partial charge in [-0.25, -0.2) is 0 Å². The summed E-state index contributed by atoms with van der Waals surface area (Å²) in [4.78, 5) is 19.1. The Bertz CT molecular complexity index is 272. The Kier molecular flexibility index (Phi) is 7.46. The molecular formula is C10H11ClO3. The Hall–Kier alpha value is -1.35. The maximum absolute atomic E-state index is 10.3. The first-order valence-electron chi connectivity index (χ1n) is 3.96. The highest BCUT2D eigenvalue weighted by Gasteiger charge is 1.95. The van der Waals surface area contributed by atoms with Crippen molar-refractivity contribution in [1.82, 2.24) is 0 Å². The van der Waals surface area contributed by atoms with Gasteiger partial charge in [-0.05, 0) is 30.7 Å². The second kappa shape index (κ2) is 8.26. The Morgan fingerprint density at radius 3 is 2.36 bits per heavy atom. The van der Waals surface area contributed by atoms with Crippen molar-refractivity contribution < 1.29 is 14.3 Å². The van der Waals surface area contributed by atoms with Crippen LogP contribution in [-0.4, -0.2) is 18.1 Å². The number of aldehydes is 1. The summed E-state index contributed by atoms with van der Waals surface area (Å²) in [5.41, 5.74) is 0. The molecule has 0 N–H and O–H groups in total. The molecule has 0 saturated heterocycles. The summed E-state index contributed by atoms with van der Waals surface area (Å²) in [6, 6.07) is 9.05. The summed E-state index contributed by atoms with van der Waals surface area (Å²) in [6.07, 6.45) is 0.750. The van der Waals surface area contributed by atoms with Crippen LogP contribution < -0.4 is 4.74 Å². The average Bonchev–Trinajstić information content (AvgIpc) is 2.18. The number of hydrogen-bond acceptors (Lipinski definition) is 3. The van der Waals surface area contributed by atoms with Gasteiger partial charge in [0.1, 0.15) is 12.0 Å². The Morgan fingerprint density at radius 1 is 1.43 bits per heavy atom. The van der Waals surface area contributed by atoms with Crippen LogP contribution in [0.25, 0.3) is 0 Å². The minimum atomic E-state index is -0.492. The zero-order chi connectivity index (χ0) is 10.8. The molecule has 14 heavy (non-hydrogen) atoms. The van der Waals surface area contributed by atoms with Crippen LogP contribution in [0.2, 0.25) is 0 Å². The van der Waals surface area contributed by atoms with Crippen LogP contribution in [0.3, 0.4) is 0 Å². The number of hydrogen-bond donors (Lipinski definition) is 0. The van der Waals surface area contributed by atoms with Gasteiger partial charge < -0.3 is 9.53 Å². The van der Waals surface area contributed by atoms with Crippen molar-refractivity contribution in [2.45, 2.75) is 6.92 Å². The number of carbonyl (C=O) groups excluding carboxylic acids is 2. The second-order valence-corrected chi connectivity index (χ2v) is 2.61. The van der Waals surface area contributed by atoms with Crippen LogP contribution in [0.15, 0.2) is 30.3 Å². The molecule has 0 bridgehead atoms. The maximum atomic E-state index is 10.3. The van der Waals surface area contributed by atoms with E-state index in [-0.39, 0.29) is 6.61 Å². The van der Waals surface area contributed by atoms with E-state index in [0.29, 0.717) is 5.75 Å². The van der Waals surface area contributed by atoms with E-state index in [4.69, 9.17) is 21.1 Å². The van der Waals surface area contributed by atoms with Crippen LogP contribution in [0.5, 0.6) is 5.75 Å². The lowest BCUT2D eigenvalue weighted by Crippen LogP contribution is -2.03. The molecule has 0 amide bonds. The predicted molar refractivity (Wildman–Crippen MR) is 54.5 cm³/mol. The lowest BCUT2D eigenvalue weighted by atomic mass is 10.3. The second-order valence-electron chi connectivity index (χ2n) is 2.19. The SMILES string of the molecule is CC=O.O=C(Cl)COc1ccccc1. The van der Waals surface area contributed by atoms with Crippen molar-refractivity contribution in [2.24, 2.45) is 0 Å². The summed E-state index contributed by atoms with van der Waals surface area (Å²) >= 11 is 5.06. The first-order chi connectivity index (χ1) is 6.70. The predicted octanol–water partition coefficient (Wildman–Crippen LogP) is 2.04. The first-order valence-corrected chi connectivity index (χ1v) is 4.34. The van der Waals surface area contributed by atoms with E-state index in [1.165, 1.54) is 6.92 Å². The molecule has 0 radical (unpaired) electrons. The maximum Gasteiger partial charge on any atom is 0.259 e. The summed E-state index contributed by atoms with van der Waals surface area (Å²) in [5, 5.41) is -0.492.